The van der Waals surface area contributed by atoms with Crippen LogP contribution in [0.2, 0.25) is 0 Å². The number of benzene rings is 1. The van der Waals surface area contributed by atoms with Crippen molar-refractivity contribution in [2.75, 3.05) is 6.54 Å². The van der Waals surface area contributed by atoms with Gasteiger partial charge in [0, 0.05) is 12.1 Å². The van der Waals surface area contributed by atoms with Crippen molar-refractivity contribution in [1.29, 1.82) is 0 Å². The van der Waals surface area contributed by atoms with Crippen LogP contribution in [-0.4, -0.2) is 22.1 Å². The van der Waals surface area contributed by atoms with Gasteiger partial charge < -0.3 is 5.11 Å². The third-order valence-corrected chi connectivity index (χ3v) is 3.46. The monoisotopic (exact) mass is 223 g/mol. The molecule has 0 radical (unpaired) electrons. The molecule has 0 aromatic heterocycles. The van der Waals surface area contributed by atoms with Gasteiger partial charge in [-0.05, 0) is 50.9 Å². The normalized spacial score (nSPS) is 20.2. The van der Waals surface area contributed by atoms with E-state index in [0.29, 0.717) is 0 Å². The maximum atomic E-state index is 13.2. The third kappa shape index (κ3) is 2.19. The van der Waals surface area contributed by atoms with Gasteiger partial charge in [0.15, 0.2) is 11.6 Å². The van der Waals surface area contributed by atoms with Gasteiger partial charge >= 0.3 is 0 Å². The van der Waals surface area contributed by atoms with Crippen molar-refractivity contribution in [2.24, 2.45) is 0 Å². The molecule has 0 atom stereocenters. The van der Waals surface area contributed by atoms with Crippen LogP contribution in [0.1, 0.15) is 32.3 Å². The lowest BCUT2D eigenvalue weighted by molar-refractivity contribution is 0.166. The van der Waals surface area contributed by atoms with Gasteiger partial charge in [0.25, 0.3) is 0 Å². The summed E-state index contributed by atoms with van der Waals surface area (Å²) in [7, 11) is 0. The molecule has 88 valence electrons. The Balaban J connectivity index is 2.12. The standard InChI is InChI=1S/C13H18FNO/c1-13(2)6-3-7-15(13)9-10-4-5-12(16)11(14)8-10/h4-5,8,16H,3,6-7,9H2,1-2H3. The van der Waals surface area contributed by atoms with Gasteiger partial charge in [0.05, 0.1) is 0 Å². The molecule has 1 fully saturated rings. The molecule has 1 aliphatic rings. The fourth-order valence-corrected chi connectivity index (χ4v) is 2.33. The first-order valence-electron chi connectivity index (χ1n) is 5.71. The Bertz CT molecular complexity index is 390. The lowest BCUT2D eigenvalue weighted by Gasteiger charge is -2.31. The molecule has 0 bridgehead atoms. The molecule has 2 rings (SSSR count). The average Bonchev–Trinajstić information content (AvgIpc) is 2.52. The van der Waals surface area contributed by atoms with Gasteiger partial charge in [-0.3, -0.25) is 4.90 Å². The summed E-state index contributed by atoms with van der Waals surface area (Å²) in [6.07, 6.45) is 2.39. The first-order valence-corrected chi connectivity index (χ1v) is 5.71. The molecule has 0 spiro atoms. The van der Waals surface area contributed by atoms with E-state index in [-0.39, 0.29) is 11.3 Å². The fraction of sp³-hybridized carbons (Fsp3) is 0.538. The highest BCUT2D eigenvalue weighted by Crippen LogP contribution is 2.30. The third-order valence-electron chi connectivity index (χ3n) is 3.46. The summed E-state index contributed by atoms with van der Waals surface area (Å²) in [5, 5.41) is 9.12. The van der Waals surface area contributed by atoms with E-state index < -0.39 is 5.82 Å². The zero-order chi connectivity index (χ0) is 11.8. The molecule has 0 aliphatic carbocycles. The number of hydrogen-bond acceptors (Lipinski definition) is 2. The molecule has 2 nitrogen and oxygen atoms in total. The Morgan fingerprint density at radius 2 is 2.19 bits per heavy atom. The quantitative estimate of drug-likeness (QED) is 0.833. The Labute approximate surface area is 95.7 Å². The maximum Gasteiger partial charge on any atom is 0.165 e. The van der Waals surface area contributed by atoms with Crippen LogP contribution < -0.4 is 0 Å². The topological polar surface area (TPSA) is 23.5 Å². The number of phenols is 1. The number of aromatic hydroxyl groups is 1. The second-order valence-electron chi connectivity index (χ2n) is 5.12. The van der Waals surface area contributed by atoms with Crippen LogP contribution in [-0.2, 0) is 6.54 Å². The van der Waals surface area contributed by atoms with Gasteiger partial charge in [0.2, 0.25) is 0 Å². The first-order chi connectivity index (χ1) is 7.49. The van der Waals surface area contributed by atoms with Gasteiger partial charge in [-0.2, -0.15) is 0 Å². The number of likely N-dealkylation sites (tertiary alicyclic amines) is 1. The second kappa shape index (κ2) is 4.06. The first kappa shape index (κ1) is 11.4. The van der Waals surface area contributed by atoms with E-state index in [1.807, 2.05) is 0 Å². The summed E-state index contributed by atoms with van der Waals surface area (Å²) in [6.45, 7) is 6.26. The van der Waals surface area contributed by atoms with Crippen LogP contribution in [0.3, 0.4) is 0 Å². The summed E-state index contributed by atoms with van der Waals surface area (Å²) in [5.74, 6) is -0.807. The summed E-state index contributed by atoms with van der Waals surface area (Å²) >= 11 is 0. The number of phenolic OH excluding ortho intramolecular Hbond substituents is 1. The van der Waals surface area contributed by atoms with Crippen molar-refractivity contribution >= 4 is 0 Å². The summed E-state index contributed by atoms with van der Waals surface area (Å²) < 4.78 is 13.2. The molecule has 0 amide bonds. The van der Waals surface area contributed by atoms with Crippen molar-refractivity contribution in [3.63, 3.8) is 0 Å². The molecule has 0 saturated carbocycles. The molecule has 3 heteroatoms. The predicted molar refractivity (Wildman–Crippen MR) is 61.8 cm³/mol. The van der Waals surface area contributed by atoms with Gasteiger partial charge in [0.1, 0.15) is 0 Å². The number of hydrogen-bond donors (Lipinski definition) is 1. The zero-order valence-corrected chi connectivity index (χ0v) is 9.83. The van der Waals surface area contributed by atoms with E-state index in [4.69, 9.17) is 5.11 Å². The molecule has 1 aromatic rings. The van der Waals surface area contributed by atoms with E-state index in [0.717, 1.165) is 18.7 Å². The smallest absolute Gasteiger partial charge is 0.165 e. The highest BCUT2D eigenvalue weighted by molar-refractivity contribution is 5.28. The average molecular weight is 223 g/mol. The predicted octanol–water partition coefficient (Wildman–Crippen LogP) is 2.91. The van der Waals surface area contributed by atoms with Gasteiger partial charge in [-0.1, -0.05) is 6.07 Å². The van der Waals surface area contributed by atoms with E-state index in [9.17, 15) is 4.39 Å². The number of halogens is 1. The SMILES string of the molecule is CC1(C)CCCN1Cc1ccc(O)c(F)c1. The maximum absolute atomic E-state index is 13.2. The summed E-state index contributed by atoms with van der Waals surface area (Å²) in [4.78, 5) is 2.36. The largest absolute Gasteiger partial charge is 0.505 e. The van der Waals surface area contributed by atoms with Crippen LogP contribution in [0.5, 0.6) is 5.75 Å². The Morgan fingerprint density at radius 1 is 1.44 bits per heavy atom. The molecule has 0 unspecified atom stereocenters. The Kier molecular flexibility index (Phi) is 2.89. The molecule has 16 heavy (non-hydrogen) atoms. The second-order valence-corrected chi connectivity index (χ2v) is 5.12. The zero-order valence-electron chi connectivity index (χ0n) is 9.83. The molecular weight excluding hydrogens is 205 g/mol. The summed E-state index contributed by atoms with van der Waals surface area (Å²) in [5.41, 5.74) is 1.12. The number of nitrogens with zero attached hydrogens (tertiary/aromatic N) is 1. The lowest BCUT2D eigenvalue weighted by Crippen LogP contribution is -2.37. The molecule has 1 saturated heterocycles. The fourth-order valence-electron chi connectivity index (χ4n) is 2.33. The van der Waals surface area contributed by atoms with E-state index >= 15 is 0 Å². The molecule has 1 heterocycles. The van der Waals surface area contributed by atoms with Crippen LogP contribution in [0, 0.1) is 5.82 Å². The Hall–Kier alpha value is -1.09. The van der Waals surface area contributed by atoms with Crippen molar-refractivity contribution in [3.05, 3.63) is 29.6 Å². The molecule has 1 aromatic carbocycles. The highest BCUT2D eigenvalue weighted by Gasteiger charge is 2.31. The van der Waals surface area contributed by atoms with E-state index in [1.165, 1.54) is 25.0 Å². The van der Waals surface area contributed by atoms with Crippen LogP contribution in [0.15, 0.2) is 18.2 Å². The molecule has 1 N–H and O–H groups in total. The molecule has 1 aliphatic heterocycles. The van der Waals surface area contributed by atoms with Crippen LogP contribution in [0.25, 0.3) is 0 Å². The van der Waals surface area contributed by atoms with E-state index in [1.54, 1.807) is 6.07 Å². The molecular formula is C13H18FNO. The van der Waals surface area contributed by atoms with Crippen LogP contribution in [0.4, 0.5) is 4.39 Å². The van der Waals surface area contributed by atoms with Crippen LogP contribution >= 0.6 is 0 Å². The lowest BCUT2D eigenvalue weighted by atomic mass is 10.0. The van der Waals surface area contributed by atoms with Crippen molar-refractivity contribution < 1.29 is 9.50 Å². The number of rotatable bonds is 2. The van der Waals surface area contributed by atoms with Crippen molar-refractivity contribution in [3.8, 4) is 5.75 Å². The highest BCUT2D eigenvalue weighted by atomic mass is 19.1. The Morgan fingerprint density at radius 3 is 2.75 bits per heavy atom. The minimum absolute atomic E-state index is 0.203. The minimum atomic E-state index is -0.533. The summed E-state index contributed by atoms with van der Waals surface area (Å²) in [6, 6.07) is 4.63. The van der Waals surface area contributed by atoms with Crippen molar-refractivity contribution in [1.82, 2.24) is 4.90 Å². The van der Waals surface area contributed by atoms with Gasteiger partial charge in [-0.25, -0.2) is 4.39 Å². The minimum Gasteiger partial charge on any atom is -0.505 e. The van der Waals surface area contributed by atoms with Gasteiger partial charge in [-0.15, -0.1) is 0 Å². The van der Waals surface area contributed by atoms with Crippen molar-refractivity contribution in [2.45, 2.75) is 38.8 Å². The van der Waals surface area contributed by atoms with E-state index in [2.05, 4.69) is 18.7 Å².